The van der Waals surface area contributed by atoms with Crippen molar-refractivity contribution in [3.8, 4) is 0 Å². The Kier molecular flexibility index (Phi) is 13.9. The van der Waals surface area contributed by atoms with Crippen LogP contribution in [0.5, 0.6) is 0 Å². The molecule has 4 N–H and O–H groups in total. The van der Waals surface area contributed by atoms with Gasteiger partial charge in [-0.25, -0.2) is 4.79 Å². The van der Waals surface area contributed by atoms with E-state index >= 15 is 0 Å². The monoisotopic (exact) mass is 373 g/mol. The molecule has 1 radical (unpaired) electrons. The van der Waals surface area contributed by atoms with Crippen molar-refractivity contribution in [2.24, 2.45) is 0 Å². The van der Waals surface area contributed by atoms with Crippen molar-refractivity contribution in [1.82, 2.24) is 0 Å². The topological polar surface area (TPSA) is 195 Å². The normalized spacial score (nSPS) is 11.9. The number of aliphatic carboxylic acids is 4. The Morgan fingerprint density at radius 3 is 1.42 bits per heavy atom. The smallest absolute Gasteiger partial charge is 0.333 e. The molecule has 0 bridgehead atoms. The van der Waals surface area contributed by atoms with Crippen molar-refractivity contribution in [2.75, 3.05) is 0 Å². The van der Waals surface area contributed by atoms with Crippen LogP contribution in [0.15, 0.2) is 0 Å². The molecule has 0 fully saturated rings. The molecule has 0 aromatic heterocycles. The zero-order valence-corrected chi connectivity index (χ0v) is 10.6. The van der Waals surface area contributed by atoms with Crippen LogP contribution in [-0.4, -0.2) is 56.5 Å². The van der Waals surface area contributed by atoms with Crippen LogP contribution >= 0.6 is 0 Å². The molecule has 2 atom stereocenters. The summed E-state index contributed by atoms with van der Waals surface area (Å²) in [6.45, 7) is 0. The van der Waals surface area contributed by atoms with Crippen molar-refractivity contribution in [3.63, 3.8) is 0 Å². The second kappa shape index (κ2) is 11.6. The summed E-state index contributed by atoms with van der Waals surface area (Å²) in [6.07, 6.45) is -5.44. The van der Waals surface area contributed by atoms with Gasteiger partial charge in [0.05, 0.1) is 18.5 Å². The number of carboxylic acids is 4. The van der Waals surface area contributed by atoms with E-state index in [9.17, 15) is 29.4 Å². The standard InChI is InChI=1S/2C4H6O5.Ag/c2*5-2(4(8)9)1-3(6)7;/h2*2,5H,1H2,(H,6,7)(H,8,9);/p-2. The van der Waals surface area contributed by atoms with Crippen LogP contribution < -0.4 is 10.2 Å². The summed E-state index contributed by atoms with van der Waals surface area (Å²) in [7, 11) is 0. The van der Waals surface area contributed by atoms with Crippen molar-refractivity contribution in [2.45, 2.75) is 25.0 Å². The largest absolute Gasteiger partial charge is 0.550 e. The molecule has 115 valence electrons. The van der Waals surface area contributed by atoms with Gasteiger partial charge in [-0.05, 0) is 0 Å². The zero-order valence-electron chi connectivity index (χ0n) is 9.11. The average molecular weight is 374 g/mol. The van der Waals surface area contributed by atoms with Crippen LogP contribution in [0.3, 0.4) is 0 Å². The predicted octanol–water partition coefficient (Wildman–Crippen LogP) is -4.86. The number of rotatable bonds is 6. The van der Waals surface area contributed by atoms with Crippen molar-refractivity contribution in [1.29, 1.82) is 0 Å². The second-order valence-corrected chi connectivity index (χ2v) is 2.86. The van der Waals surface area contributed by atoms with Gasteiger partial charge in [-0.1, -0.05) is 0 Å². The Balaban J connectivity index is -0.000000256. The van der Waals surface area contributed by atoms with E-state index in [-0.39, 0.29) is 22.4 Å². The Morgan fingerprint density at radius 2 is 1.32 bits per heavy atom. The first-order chi connectivity index (χ1) is 8.07. The van der Waals surface area contributed by atoms with Gasteiger partial charge in [0.1, 0.15) is 0 Å². The number of carbonyl (C=O) groups is 4. The second-order valence-electron chi connectivity index (χ2n) is 2.86. The molecule has 0 aliphatic carbocycles. The van der Waals surface area contributed by atoms with E-state index in [0.29, 0.717) is 0 Å². The summed E-state index contributed by atoms with van der Waals surface area (Å²) >= 11 is 0. The maximum Gasteiger partial charge on any atom is 0.333 e. The van der Waals surface area contributed by atoms with Crippen molar-refractivity contribution in [3.05, 3.63) is 0 Å². The van der Waals surface area contributed by atoms with Crippen LogP contribution in [0.25, 0.3) is 0 Å². The molecule has 0 aliphatic rings. The molecular formula is C8H10AgO10-2. The molecule has 11 heteroatoms. The molecule has 19 heavy (non-hydrogen) atoms. The summed E-state index contributed by atoms with van der Waals surface area (Å²) in [5.41, 5.74) is 0. The summed E-state index contributed by atoms with van der Waals surface area (Å²) in [5, 5.41) is 51.5. The van der Waals surface area contributed by atoms with E-state index < -0.39 is 48.9 Å². The van der Waals surface area contributed by atoms with Gasteiger partial charge >= 0.3 is 11.9 Å². The molecule has 0 aliphatic heterocycles. The van der Waals surface area contributed by atoms with E-state index in [0.717, 1.165) is 0 Å². The SMILES string of the molecule is O=C(O)CC(O)C(=O)O.O=C([O-])CC(O)C(=O)[O-].[Ag]. The van der Waals surface area contributed by atoms with Crippen LogP contribution in [0, 0.1) is 0 Å². The first kappa shape index (κ1) is 22.7. The quantitative estimate of drug-likeness (QED) is 0.327. The number of hydrogen-bond donors (Lipinski definition) is 4. The van der Waals surface area contributed by atoms with E-state index in [1.807, 2.05) is 0 Å². The van der Waals surface area contributed by atoms with Gasteiger partial charge in [-0.15, -0.1) is 0 Å². The molecule has 0 aromatic rings. The van der Waals surface area contributed by atoms with Gasteiger partial charge in [0.15, 0.2) is 6.10 Å². The van der Waals surface area contributed by atoms with Crippen LogP contribution in [0.4, 0.5) is 0 Å². The predicted molar refractivity (Wildman–Crippen MR) is 46.5 cm³/mol. The van der Waals surface area contributed by atoms with Gasteiger partial charge in [0.2, 0.25) is 0 Å². The van der Waals surface area contributed by atoms with Gasteiger partial charge in [-0.3, -0.25) is 4.79 Å². The minimum atomic E-state index is -1.96. The van der Waals surface area contributed by atoms with Crippen molar-refractivity contribution < 1.29 is 72.2 Å². The maximum atomic E-state index is 9.72. The molecular weight excluding hydrogens is 364 g/mol. The molecule has 2 unspecified atom stereocenters. The van der Waals surface area contributed by atoms with Crippen LogP contribution in [0.1, 0.15) is 12.8 Å². The summed E-state index contributed by atoms with van der Waals surface area (Å²) in [5.74, 6) is -6.27. The Bertz CT molecular complexity index is 295. The Labute approximate surface area is 121 Å². The minimum absolute atomic E-state index is 0. The van der Waals surface area contributed by atoms with Gasteiger partial charge in [0.25, 0.3) is 0 Å². The van der Waals surface area contributed by atoms with Crippen LogP contribution in [0.2, 0.25) is 0 Å². The Morgan fingerprint density at radius 1 is 0.895 bits per heavy atom. The number of aliphatic hydroxyl groups is 2. The number of aliphatic hydroxyl groups excluding tert-OH is 2. The van der Waals surface area contributed by atoms with E-state index in [4.69, 9.17) is 20.4 Å². The van der Waals surface area contributed by atoms with E-state index in [1.165, 1.54) is 0 Å². The molecule has 0 saturated carbocycles. The number of carbonyl (C=O) groups excluding carboxylic acids is 2. The molecule has 0 amide bonds. The van der Waals surface area contributed by atoms with E-state index in [1.54, 1.807) is 0 Å². The van der Waals surface area contributed by atoms with Gasteiger partial charge in [-0.2, -0.15) is 0 Å². The number of hydrogen-bond acceptors (Lipinski definition) is 8. The minimum Gasteiger partial charge on any atom is -0.550 e. The molecule has 10 nitrogen and oxygen atoms in total. The molecule has 0 aromatic carbocycles. The fourth-order valence-corrected chi connectivity index (χ4v) is 0.494. The third-order valence-electron chi connectivity index (χ3n) is 1.29. The summed E-state index contributed by atoms with van der Waals surface area (Å²) in [4.78, 5) is 38.5. The molecule has 0 saturated heterocycles. The van der Waals surface area contributed by atoms with Crippen LogP contribution in [-0.2, 0) is 41.6 Å². The first-order valence-electron chi connectivity index (χ1n) is 4.29. The first-order valence-corrected chi connectivity index (χ1v) is 4.29. The third kappa shape index (κ3) is 16.5. The molecule has 0 heterocycles. The molecule has 0 spiro atoms. The van der Waals surface area contributed by atoms with Gasteiger partial charge in [0, 0.05) is 34.8 Å². The summed E-state index contributed by atoms with van der Waals surface area (Å²) in [6, 6.07) is 0. The third-order valence-corrected chi connectivity index (χ3v) is 1.29. The Hall–Kier alpha value is -1.46. The maximum absolute atomic E-state index is 9.72. The zero-order chi connectivity index (χ0) is 14.9. The number of carboxylic acid groups (broad SMARTS) is 4. The fraction of sp³-hybridized carbons (Fsp3) is 0.500. The average Bonchev–Trinajstić information content (AvgIpc) is 2.16. The molecule has 0 rings (SSSR count). The fourth-order valence-electron chi connectivity index (χ4n) is 0.494. The summed E-state index contributed by atoms with van der Waals surface area (Å²) < 4.78 is 0. The van der Waals surface area contributed by atoms with Gasteiger partial charge < -0.3 is 40.2 Å². The van der Waals surface area contributed by atoms with E-state index in [2.05, 4.69) is 0 Å². The van der Waals surface area contributed by atoms with Crippen molar-refractivity contribution >= 4 is 23.9 Å².